The van der Waals surface area contributed by atoms with Crippen LogP contribution in [0, 0.1) is 0 Å². The second-order valence-electron chi connectivity index (χ2n) is 6.38. The van der Waals surface area contributed by atoms with Crippen molar-refractivity contribution < 1.29 is 17.9 Å². The van der Waals surface area contributed by atoms with E-state index < -0.39 is 10.0 Å². The van der Waals surface area contributed by atoms with E-state index in [2.05, 4.69) is 9.88 Å². The second-order valence-corrected chi connectivity index (χ2v) is 8.76. The van der Waals surface area contributed by atoms with Gasteiger partial charge in [-0.3, -0.25) is 0 Å². The number of rotatable bonds is 3. The van der Waals surface area contributed by atoms with Gasteiger partial charge >= 0.3 is 0 Å². The van der Waals surface area contributed by atoms with Crippen LogP contribution in [0.5, 0.6) is 11.5 Å². The molecule has 2 aliphatic heterocycles. The third kappa shape index (κ3) is 3.83. The Hall–Kier alpha value is -2.03. The summed E-state index contributed by atoms with van der Waals surface area (Å²) in [7, 11) is -3.59. The highest BCUT2D eigenvalue weighted by molar-refractivity contribution is 7.89. The number of nitrogens with zero attached hydrogens (tertiary/aromatic N) is 3. The topological polar surface area (TPSA) is 72.0 Å². The number of fused-ring (bicyclic) bond motifs is 1. The maximum atomic E-state index is 13.0. The molecule has 2 aromatic rings. The van der Waals surface area contributed by atoms with Gasteiger partial charge in [0.2, 0.25) is 10.0 Å². The molecule has 0 atom stereocenters. The second kappa shape index (κ2) is 7.53. The first-order chi connectivity index (χ1) is 13.0. The molecule has 0 spiro atoms. The highest BCUT2D eigenvalue weighted by Crippen LogP contribution is 2.33. The zero-order valence-corrected chi connectivity index (χ0v) is 16.2. The van der Waals surface area contributed by atoms with Crippen LogP contribution in [-0.2, 0) is 10.0 Å². The van der Waals surface area contributed by atoms with Crippen molar-refractivity contribution in [3.63, 3.8) is 0 Å². The van der Waals surface area contributed by atoms with Gasteiger partial charge in [0.15, 0.2) is 11.5 Å². The van der Waals surface area contributed by atoms with Crippen LogP contribution >= 0.6 is 11.6 Å². The molecule has 3 heterocycles. The molecule has 7 nitrogen and oxygen atoms in total. The minimum absolute atomic E-state index is 0.227. The maximum absolute atomic E-state index is 13.0. The SMILES string of the molecule is O=S(=O)(c1ccc2c(c1)OCCCO2)N1CCN(c2ccc(Cl)cn2)CC1. The Balaban J connectivity index is 1.49. The van der Waals surface area contributed by atoms with Gasteiger partial charge in [0.05, 0.1) is 23.1 Å². The molecule has 9 heteroatoms. The normalized spacial score (nSPS) is 18.2. The van der Waals surface area contributed by atoms with Gasteiger partial charge in [0.25, 0.3) is 0 Å². The largest absolute Gasteiger partial charge is 0.490 e. The molecular formula is C18H20ClN3O4S. The lowest BCUT2D eigenvalue weighted by Crippen LogP contribution is -2.48. The fourth-order valence-electron chi connectivity index (χ4n) is 3.17. The summed E-state index contributed by atoms with van der Waals surface area (Å²) >= 11 is 5.87. The van der Waals surface area contributed by atoms with E-state index in [4.69, 9.17) is 21.1 Å². The Labute approximate surface area is 163 Å². The van der Waals surface area contributed by atoms with Crippen molar-refractivity contribution in [2.45, 2.75) is 11.3 Å². The van der Waals surface area contributed by atoms with E-state index in [9.17, 15) is 8.42 Å². The Kier molecular flexibility index (Phi) is 5.12. The van der Waals surface area contributed by atoms with Gasteiger partial charge in [-0.15, -0.1) is 0 Å². The number of piperazine rings is 1. The molecule has 0 amide bonds. The zero-order chi connectivity index (χ0) is 18.9. The number of pyridine rings is 1. The van der Waals surface area contributed by atoms with Gasteiger partial charge in [-0.25, -0.2) is 13.4 Å². The van der Waals surface area contributed by atoms with Crippen molar-refractivity contribution in [2.75, 3.05) is 44.3 Å². The van der Waals surface area contributed by atoms with E-state index in [1.54, 1.807) is 30.5 Å². The number of hydrogen-bond donors (Lipinski definition) is 0. The van der Waals surface area contributed by atoms with Crippen LogP contribution in [0.4, 0.5) is 5.82 Å². The van der Waals surface area contributed by atoms with Crippen molar-refractivity contribution in [3.8, 4) is 11.5 Å². The molecule has 2 aliphatic rings. The van der Waals surface area contributed by atoms with Crippen molar-refractivity contribution >= 4 is 27.4 Å². The zero-order valence-electron chi connectivity index (χ0n) is 14.7. The number of halogens is 1. The lowest BCUT2D eigenvalue weighted by atomic mass is 10.3. The maximum Gasteiger partial charge on any atom is 0.243 e. The minimum Gasteiger partial charge on any atom is -0.490 e. The molecule has 0 aliphatic carbocycles. The molecular weight excluding hydrogens is 390 g/mol. The molecule has 0 radical (unpaired) electrons. The predicted octanol–water partition coefficient (Wildman–Crippen LogP) is 2.41. The van der Waals surface area contributed by atoms with E-state index >= 15 is 0 Å². The first-order valence-electron chi connectivity index (χ1n) is 8.80. The average Bonchev–Trinajstić information content (AvgIpc) is 2.93. The Morgan fingerprint density at radius 1 is 0.963 bits per heavy atom. The van der Waals surface area contributed by atoms with Gasteiger partial charge in [-0.05, 0) is 24.3 Å². The summed E-state index contributed by atoms with van der Waals surface area (Å²) in [6.45, 7) is 3.00. The average molecular weight is 410 g/mol. The van der Waals surface area contributed by atoms with E-state index in [0.717, 1.165) is 12.2 Å². The summed E-state index contributed by atoms with van der Waals surface area (Å²) in [4.78, 5) is 6.58. The first kappa shape index (κ1) is 18.3. The van der Waals surface area contributed by atoms with Crippen LogP contribution in [0.3, 0.4) is 0 Å². The van der Waals surface area contributed by atoms with Crippen LogP contribution in [0.15, 0.2) is 41.4 Å². The summed E-state index contributed by atoms with van der Waals surface area (Å²) in [6.07, 6.45) is 2.37. The molecule has 1 aromatic carbocycles. The number of hydrogen-bond acceptors (Lipinski definition) is 6. The number of benzene rings is 1. The molecule has 0 N–H and O–H groups in total. The highest BCUT2D eigenvalue weighted by atomic mass is 35.5. The third-order valence-corrected chi connectivity index (χ3v) is 6.75. The van der Waals surface area contributed by atoms with Crippen molar-refractivity contribution in [1.82, 2.24) is 9.29 Å². The number of sulfonamides is 1. The van der Waals surface area contributed by atoms with Gasteiger partial charge in [-0.2, -0.15) is 4.31 Å². The van der Waals surface area contributed by atoms with Gasteiger partial charge in [-0.1, -0.05) is 11.6 Å². The predicted molar refractivity (Wildman–Crippen MR) is 102 cm³/mol. The number of aromatic nitrogens is 1. The molecule has 27 heavy (non-hydrogen) atoms. The fourth-order valence-corrected chi connectivity index (χ4v) is 4.72. The Morgan fingerprint density at radius 3 is 2.41 bits per heavy atom. The first-order valence-corrected chi connectivity index (χ1v) is 10.6. The van der Waals surface area contributed by atoms with Gasteiger partial charge < -0.3 is 14.4 Å². The van der Waals surface area contributed by atoms with Gasteiger partial charge in [0, 0.05) is 44.9 Å². The number of ether oxygens (including phenoxy) is 2. The quantitative estimate of drug-likeness (QED) is 0.775. The van der Waals surface area contributed by atoms with E-state index in [0.29, 0.717) is 55.9 Å². The lowest BCUT2D eigenvalue weighted by Gasteiger charge is -2.34. The summed E-state index contributed by atoms with van der Waals surface area (Å²) < 4.78 is 38.7. The third-order valence-electron chi connectivity index (χ3n) is 4.63. The van der Waals surface area contributed by atoms with Crippen LogP contribution in [0.1, 0.15) is 6.42 Å². The van der Waals surface area contributed by atoms with Crippen LogP contribution in [0.25, 0.3) is 0 Å². The van der Waals surface area contributed by atoms with Crippen LogP contribution < -0.4 is 14.4 Å². The van der Waals surface area contributed by atoms with E-state index in [1.165, 1.54) is 4.31 Å². The summed E-state index contributed by atoms with van der Waals surface area (Å²) in [5.41, 5.74) is 0. The lowest BCUT2D eigenvalue weighted by molar-refractivity contribution is 0.296. The standard InChI is InChI=1S/C18H20ClN3O4S/c19-14-2-5-18(20-13-14)21-6-8-22(9-7-21)27(23,24)15-3-4-16-17(12-15)26-11-1-10-25-16/h2-5,12-13H,1,6-11H2. The summed E-state index contributed by atoms with van der Waals surface area (Å²) in [5, 5.41) is 0.578. The Bertz CT molecular complexity index is 913. The molecule has 144 valence electrons. The van der Waals surface area contributed by atoms with E-state index in [1.807, 2.05) is 6.07 Å². The number of anilines is 1. The molecule has 0 bridgehead atoms. The molecule has 1 aromatic heterocycles. The fraction of sp³-hybridized carbons (Fsp3) is 0.389. The van der Waals surface area contributed by atoms with Crippen molar-refractivity contribution in [3.05, 3.63) is 41.6 Å². The van der Waals surface area contributed by atoms with Crippen LogP contribution in [-0.4, -0.2) is 57.1 Å². The van der Waals surface area contributed by atoms with E-state index in [-0.39, 0.29) is 4.90 Å². The molecule has 1 fully saturated rings. The Morgan fingerprint density at radius 2 is 1.70 bits per heavy atom. The highest BCUT2D eigenvalue weighted by Gasteiger charge is 2.30. The van der Waals surface area contributed by atoms with Gasteiger partial charge in [0.1, 0.15) is 5.82 Å². The molecule has 0 saturated carbocycles. The molecule has 1 saturated heterocycles. The minimum atomic E-state index is -3.59. The van der Waals surface area contributed by atoms with Crippen molar-refractivity contribution in [2.24, 2.45) is 0 Å². The molecule has 4 rings (SSSR count). The smallest absolute Gasteiger partial charge is 0.243 e. The molecule has 0 unspecified atom stereocenters. The monoisotopic (exact) mass is 409 g/mol. The van der Waals surface area contributed by atoms with Crippen molar-refractivity contribution in [1.29, 1.82) is 0 Å². The van der Waals surface area contributed by atoms with Crippen LogP contribution in [0.2, 0.25) is 5.02 Å². The summed E-state index contributed by atoms with van der Waals surface area (Å²) in [6, 6.07) is 8.43. The summed E-state index contributed by atoms with van der Waals surface area (Å²) in [5.74, 6) is 1.87.